The Kier molecular flexibility index (Phi) is 3.18. The van der Waals surface area contributed by atoms with Gasteiger partial charge in [0.05, 0.1) is 11.9 Å². The maximum atomic E-state index is 5.80. The lowest BCUT2D eigenvalue weighted by molar-refractivity contribution is 0.297. The lowest BCUT2D eigenvalue weighted by Gasteiger charge is -2.18. The van der Waals surface area contributed by atoms with Crippen LogP contribution in [0.2, 0.25) is 0 Å². The van der Waals surface area contributed by atoms with Crippen LogP contribution in [0.15, 0.2) is 36.5 Å². The van der Waals surface area contributed by atoms with Crippen LogP contribution < -0.4 is 4.74 Å². The quantitative estimate of drug-likeness (QED) is 0.878. The van der Waals surface area contributed by atoms with E-state index in [1.165, 1.54) is 0 Å². The van der Waals surface area contributed by atoms with Crippen LogP contribution in [-0.2, 0) is 12.0 Å². The smallest absolute Gasteiger partial charge is 0.161 e. The highest BCUT2D eigenvalue weighted by Gasteiger charge is 2.21. The van der Waals surface area contributed by atoms with Crippen LogP contribution in [0.3, 0.4) is 0 Å². The third-order valence-electron chi connectivity index (χ3n) is 2.59. The molecule has 1 aromatic carbocycles. The third kappa shape index (κ3) is 2.87. The highest BCUT2D eigenvalue weighted by Crippen LogP contribution is 2.29. The number of nitrogens with zero attached hydrogens (tertiary/aromatic N) is 1. The molecule has 0 radical (unpaired) electrons. The largest absolute Gasteiger partial charge is 0.485 e. The Labute approximate surface area is 102 Å². The Morgan fingerprint density at radius 3 is 2.53 bits per heavy atom. The number of hydrogen-bond acceptors (Lipinski definition) is 2. The van der Waals surface area contributed by atoms with Gasteiger partial charge in [0.15, 0.2) is 5.75 Å². The van der Waals surface area contributed by atoms with Crippen LogP contribution in [0.25, 0.3) is 0 Å². The molecular weight excluding hydrogens is 212 g/mol. The molecule has 3 heteroatoms. The van der Waals surface area contributed by atoms with Gasteiger partial charge in [0.25, 0.3) is 0 Å². The van der Waals surface area contributed by atoms with E-state index in [2.05, 4.69) is 43.1 Å². The zero-order valence-corrected chi connectivity index (χ0v) is 10.5. The number of ether oxygens (including phenoxy) is 1. The predicted octanol–water partition coefficient (Wildman–Crippen LogP) is 3.29. The molecule has 1 N–H and O–H groups in total. The fourth-order valence-corrected chi connectivity index (χ4v) is 1.66. The van der Waals surface area contributed by atoms with Gasteiger partial charge in [-0.15, -0.1) is 0 Å². The number of aromatic nitrogens is 2. The van der Waals surface area contributed by atoms with Crippen molar-refractivity contribution in [3.05, 3.63) is 47.8 Å². The second-order valence-electron chi connectivity index (χ2n) is 5.13. The van der Waals surface area contributed by atoms with Crippen molar-refractivity contribution in [2.45, 2.75) is 32.8 Å². The molecule has 2 aromatic rings. The van der Waals surface area contributed by atoms with Crippen molar-refractivity contribution in [1.82, 2.24) is 10.2 Å². The monoisotopic (exact) mass is 230 g/mol. The Balaban J connectivity index is 2.08. The molecule has 0 saturated carbocycles. The predicted molar refractivity (Wildman–Crippen MR) is 68.1 cm³/mol. The van der Waals surface area contributed by atoms with Crippen LogP contribution >= 0.6 is 0 Å². The minimum atomic E-state index is 0.0164. The van der Waals surface area contributed by atoms with Crippen molar-refractivity contribution in [3.63, 3.8) is 0 Å². The van der Waals surface area contributed by atoms with Gasteiger partial charge in [-0.05, 0) is 5.56 Å². The van der Waals surface area contributed by atoms with E-state index in [1.807, 2.05) is 18.2 Å². The average Bonchev–Trinajstić information content (AvgIpc) is 2.75. The van der Waals surface area contributed by atoms with Gasteiger partial charge < -0.3 is 4.74 Å². The fourth-order valence-electron chi connectivity index (χ4n) is 1.66. The molecule has 1 heterocycles. The summed E-state index contributed by atoms with van der Waals surface area (Å²) >= 11 is 0. The first-order valence-electron chi connectivity index (χ1n) is 5.78. The Bertz CT molecular complexity index is 468. The van der Waals surface area contributed by atoms with Gasteiger partial charge >= 0.3 is 0 Å². The van der Waals surface area contributed by atoms with Gasteiger partial charge in [0, 0.05) is 5.41 Å². The summed E-state index contributed by atoms with van der Waals surface area (Å²) in [5.74, 6) is 0.835. The van der Waals surface area contributed by atoms with Crippen molar-refractivity contribution in [2.24, 2.45) is 0 Å². The molecular formula is C14H18N2O. The molecule has 0 aliphatic rings. The number of hydrogen-bond donors (Lipinski definition) is 1. The minimum absolute atomic E-state index is 0.0164. The lowest BCUT2D eigenvalue weighted by Crippen LogP contribution is -2.13. The molecule has 90 valence electrons. The second-order valence-corrected chi connectivity index (χ2v) is 5.13. The highest BCUT2D eigenvalue weighted by molar-refractivity contribution is 5.30. The van der Waals surface area contributed by atoms with Crippen molar-refractivity contribution in [1.29, 1.82) is 0 Å². The Morgan fingerprint density at radius 2 is 1.88 bits per heavy atom. The second kappa shape index (κ2) is 4.62. The molecule has 0 amide bonds. The van der Waals surface area contributed by atoms with E-state index in [0.717, 1.165) is 17.0 Å². The SMILES string of the molecule is CC(C)(C)c1[nH]ncc1OCc1ccccc1. The van der Waals surface area contributed by atoms with Crippen molar-refractivity contribution in [2.75, 3.05) is 0 Å². The molecule has 0 bridgehead atoms. The summed E-state index contributed by atoms with van der Waals surface area (Å²) in [6.07, 6.45) is 1.74. The first-order valence-corrected chi connectivity index (χ1v) is 5.78. The number of benzene rings is 1. The first kappa shape index (κ1) is 11.7. The van der Waals surface area contributed by atoms with Crippen molar-refractivity contribution >= 4 is 0 Å². The van der Waals surface area contributed by atoms with Crippen molar-refractivity contribution in [3.8, 4) is 5.75 Å². The summed E-state index contributed by atoms with van der Waals surface area (Å²) in [6, 6.07) is 10.1. The summed E-state index contributed by atoms with van der Waals surface area (Å²) < 4.78 is 5.80. The summed E-state index contributed by atoms with van der Waals surface area (Å²) in [5.41, 5.74) is 2.21. The molecule has 0 spiro atoms. The molecule has 0 saturated heterocycles. The van der Waals surface area contributed by atoms with E-state index < -0.39 is 0 Å². The average molecular weight is 230 g/mol. The summed E-state index contributed by atoms with van der Waals surface area (Å²) in [6.45, 7) is 6.98. The van der Waals surface area contributed by atoms with Crippen LogP contribution in [0, 0.1) is 0 Å². The Hall–Kier alpha value is -1.77. The van der Waals surface area contributed by atoms with Crippen LogP contribution in [-0.4, -0.2) is 10.2 Å². The summed E-state index contributed by atoms with van der Waals surface area (Å²) in [5, 5.41) is 7.06. The maximum absolute atomic E-state index is 5.80. The molecule has 1 aromatic heterocycles. The molecule has 17 heavy (non-hydrogen) atoms. The van der Waals surface area contributed by atoms with Gasteiger partial charge in [-0.25, -0.2) is 0 Å². The van der Waals surface area contributed by atoms with Crippen LogP contribution in [0.4, 0.5) is 0 Å². The zero-order valence-electron chi connectivity index (χ0n) is 10.5. The number of H-pyrrole nitrogens is 1. The summed E-state index contributed by atoms with van der Waals surface area (Å²) in [4.78, 5) is 0. The van der Waals surface area contributed by atoms with E-state index in [9.17, 15) is 0 Å². The molecule has 2 rings (SSSR count). The van der Waals surface area contributed by atoms with E-state index in [0.29, 0.717) is 6.61 Å². The van der Waals surface area contributed by atoms with E-state index in [4.69, 9.17) is 4.74 Å². The number of aromatic amines is 1. The van der Waals surface area contributed by atoms with Gasteiger partial charge in [-0.1, -0.05) is 51.1 Å². The molecule has 0 aliphatic carbocycles. The summed E-state index contributed by atoms with van der Waals surface area (Å²) in [7, 11) is 0. The zero-order chi connectivity index (χ0) is 12.3. The minimum Gasteiger partial charge on any atom is -0.485 e. The molecule has 0 atom stereocenters. The number of nitrogens with one attached hydrogen (secondary N) is 1. The fraction of sp³-hybridized carbons (Fsp3) is 0.357. The van der Waals surface area contributed by atoms with Gasteiger partial charge in [0.1, 0.15) is 6.61 Å². The topological polar surface area (TPSA) is 37.9 Å². The van der Waals surface area contributed by atoms with Gasteiger partial charge in [-0.2, -0.15) is 5.10 Å². The van der Waals surface area contributed by atoms with Crippen LogP contribution in [0.1, 0.15) is 32.0 Å². The first-order chi connectivity index (χ1) is 8.07. The van der Waals surface area contributed by atoms with Crippen LogP contribution in [0.5, 0.6) is 5.75 Å². The normalized spacial score (nSPS) is 11.5. The molecule has 3 nitrogen and oxygen atoms in total. The molecule has 0 unspecified atom stereocenters. The van der Waals surface area contributed by atoms with Gasteiger partial charge in [-0.3, -0.25) is 5.10 Å². The maximum Gasteiger partial charge on any atom is 0.161 e. The van der Waals surface area contributed by atoms with E-state index in [1.54, 1.807) is 6.20 Å². The van der Waals surface area contributed by atoms with Crippen molar-refractivity contribution < 1.29 is 4.74 Å². The Morgan fingerprint density at radius 1 is 1.18 bits per heavy atom. The lowest BCUT2D eigenvalue weighted by atomic mass is 9.92. The highest BCUT2D eigenvalue weighted by atomic mass is 16.5. The van der Waals surface area contributed by atoms with E-state index >= 15 is 0 Å². The third-order valence-corrected chi connectivity index (χ3v) is 2.59. The van der Waals surface area contributed by atoms with Gasteiger partial charge in [0.2, 0.25) is 0 Å². The molecule has 0 fully saturated rings. The standard InChI is InChI=1S/C14H18N2O/c1-14(2,3)13-12(9-15-16-13)17-10-11-7-5-4-6-8-11/h4-9H,10H2,1-3H3,(H,15,16). The van der Waals surface area contributed by atoms with E-state index in [-0.39, 0.29) is 5.41 Å². The number of rotatable bonds is 3. The molecule has 0 aliphatic heterocycles.